The first kappa shape index (κ1) is 29.3. The summed E-state index contributed by atoms with van der Waals surface area (Å²) < 4.78 is 92.2. The van der Waals surface area contributed by atoms with E-state index in [0.717, 1.165) is 23.8 Å². The maximum atomic E-state index is 12.7. The summed E-state index contributed by atoms with van der Waals surface area (Å²) in [7, 11) is -13.8. The SMILES string of the molecule is Cc1ccc(S(=O)(=O)Nc2cc(S(=O)(=O)O)cc3cc(S(=O)(=O)O)cc(O)c23)cc1.[Na].[Na]. The molecule has 15 heteroatoms. The van der Waals surface area contributed by atoms with Crippen molar-refractivity contribution in [2.24, 2.45) is 0 Å². The van der Waals surface area contributed by atoms with Crippen molar-refractivity contribution in [3.63, 3.8) is 0 Å². The second-order valence-electron chi connectivity index (χ2n) is 6.38. The summed E-state index contributed by atoms with van der Waals surface area (Å²) in [6.45, 7) is 1.75. The van der Waals surface area contributed by atoms with E-state index >= 15 is 0 Å². The van der Waals surface area contributed by atoms with E-state index in [0.29, 0.717) is 6.07 Å². The number of rotatable bonds is 5. The Hall–Kier alpha value is -0.710. The molecule has 0 aliphatic heterocycles. The summed E-state index contributed by atoms with van der Waals surface area (Å²) in [6.07, 6.45) is 0. The molecule has 0 amide bonds. The summed E-state index contributed by atoms with van der Waals surface area (Å²) >= 11 is 0. The van der Waals surface area contributed by atoms with Crippen molar-refractivity contribution in [3.05, 3.63) is 54.1 Å². The van der Waals surface area contributed by atoms with E-state index in [4.69, 9.17) is 0 Å². The van der Waals surface area contributed by atoms with Crippen LogP contribution in [0.4, 0.5) is 5.69 Å². The second kappa shape index (κ2) is 10.3. The Kier molecular flexibility index (Phi) is 9.41. The summed E-state index contributed by atoms with van der Waals surface area (Å²) in [5.74, 6) is -0.747. The van der Waals surface area contributed by atoms with Crippen LogP contribution in [0.15, 0.2) is 63.2 Å². The largest absolute Gasteiger partial charge is 0.507 e. The van der Waals surface area contributed by atoms with Crippen molar-refractivity contribution < 1.29 is 39.5 Å². The quantitative estimate of drug-likeness (QED) is 0.287. The summed E-state index contributed by atoms with van der Waals surface area (Å²) in [5, 5.41) is 9.76. The molecular formula is C17H15NNa2O9S3. The van der Waals surface area contributed by atoms with E-state index in [9.17, 15) is 39.5 Å². The fourth-order valence-corrected chi connectivity index (χ4v) is 4.88. The Morgan fingerprint density at radius 1 is 0.719 bits per heavy atom. The van der Waals surface area contributed by atoms with E-state index in [1.165, 1.54) is 24.3 Å². The van der Waals surface area contributed by atoms with Crippen molar-refractivity contribution >= 4 is 106 Å². The zero-order chi connectivity index (χ0) is 22.5. The maximum absolute atomic E-state index is 12.7. The Balaban J connectivity index is 0.00000256. The Morgan fingerprint density at radius 2 is 1.19 bits per heavy atom. The van der Waals surface area contributed by atoms with Gasteiger partial charge in [0.1, 0.15) is 5.75 Å². The van der Waals surface area contributed by atoms with E-state index in [1.54, 1.807) is 6.92 Å². The van der Waals surface area contributed by atoms with Gasteiger partial charge in [0.2, 0.25) is 0 Å². The molecule has 2 radical (unpaired) electrons. The van der Waals surface area contributed by atoms with Gasteiger partial charge in [-0.15, -0.1) is 0 Å². The molecule has 0 heterocycles. The van der Waals surface area contributed by atoms with Gasteiger partial charge in [-0.05, 0) is 42.6 Å². The minimum Gasteiger partial charge on any atom is -0.507 e. The molecule has 3 aromatic carbocycles. The first-order valence-electron chi connectivity index (χ1n) is 8.04. The summed E-state index contributed by atoms with van der Waals surface area (Å²) in [5.41, 5.74) is 0.364. The average Bonchev–Trinajstić information content (AvgIpc) is 2.59. The van der Waals surface area contributed by atoms with Gasteiger partial charge in [-0.1, -0.05) is 17.7 Å². The normalized spacial score (nSPS) is 12.0. The molecule has 0 saturated heterocycles. The number of hydrogen-bond acceptors (Lipinski definition) is 7. The number of aromatic hydroxyl groups is 1. The Labute approximate surface area is 229 Å². The maximum Gasteiger partial charge on any atom is 0.294 e. The van der Waals surface area contributed by atoms with Crippen LogP contribution in [0.2, 0.25) is 0 Å². The third kappa shape index (κ3) is 6.45. The van der Waals surface area contributed by atoms with Crippen molar-refractivity contribution in [1.29, 1.82) is 0 Å². The number of phenols is 1. The summed E-state index contributed by atoms with van der Waals surface area (Å²) in [6, 6.07) is 8.79. The molecular weight excluding hydrogens is 504 g/mol. The van der Waals surface area contributed by atoms with Crippen LogP contribution in [0.25, 0.3) is 10.8 Å². The molecule has 162 valence electrons. The van der Waals surface area contributed by atoms with Crippen LogP contribution in [-0.2, 0) is 30.3 Å². The van der Waals surface area contributed by atoms with E-state index in [2.05, 4.69) is 4.72 Å². The van der Waals surface area contributed by atoms with E-state index in [-0.39, 0.29) is 74.8 Å². The zero-order valence-electron chi connectivity index (χ0n) is 17.1. The van der Waals surface area contributed by atoms with Gasteiger partial charge in [0, 0.05) is 70.6 Å². The fraction of sp³-hybridized carbons (Fsp3) is 0.0588. The third-order valence-corrected chi connectivity index (χ3v) is 7.19. The molecule has 0 unspecified atom stereocenters. The van der Waals surface area contributed by atoms with Gasteiger partial charge < -0.3 is 5.11 Å². The first-order chi connectivity index (χ1) is 13.7. The Morgan fingerprint density at radius 3 is 1.66 bits per heavy atom. The van der Waals surface area contributed by atoms with Gasteiger partial charge in [-0.25, -0.2) is 8.42 Å². The fourth-order valence-electron chi connectivity index (χ4n) is 2.74. The third-order valence-electron chi connectivity index (χ3n) is 4.15. The van der Waals surface area contributed by atoms with Crippen molar-refractivity contribution in [2.75, 3.05) is 4.72 Å². The van der Waals surface area contributed by atoms with Crippen molar-refractivity contribution in [2.45, 2.75) is 21.6 Å². The Bertz CT molecular complexity index is 1480. The van der Waals surface area contributed by atoms with E-state index < -0.39 is 51.5 Å². The zero-order valence-corrected chi connectivity index (χ0v) is 23.6. The topological polar surface area (TPSA) is 175 Å². The number of anilines is 1. The average molecular weight is 519 g/mol. The van der Waals surface area contributed by atoms with Crippen LogP contribution in [-0.4, -0.2) is 98.6 Å². The molecule has 0 spiro atoms. The van der Waals surface area contributed by atoms with Crippen LogP contribution >= 0.6 is 0 Å². The van der Waals surface area contributed by atoms with Gasteiger partial charge in [-0.3, -0.25) is 13.8 Å². The van der Waals surface area contributed by atoms with Gasteiger partial charge in [-0.2, -0.15) is 16.8 Å². The number of fused-ring (bicyclic) bond motifs is 1. The van der Waals surface area contributed by atoms with Crippen LogP contribution in [0.1, 0.15) is 5.56 Å². The van der Waals surface area contributed by atoms with E-state index in [1.807, 2.05) is 0 Å². The van der Waals surface area contributed by atoms with Crippen molar-refractivity contribution in [3.8, 4) is 5.75 Å². The molecule has 32 heavy (non-hydrogen) atoms. The van der Waals surface area contributed by atoms with Crippen LogP contribution in [0.5, 0.6) is 5.75 Å². The number of nitrogens with one attached hydrogen (secondary N) is 1. The molecule has 0 saturated carbocycles. The first-order valence-corrected chi connectivity index (χ1v) is 12.4. The molecule has 0 atom stereocenters. The van der Waals surface area contributed by atoms with Crippen LogP contribution < -0.4 is 4.72 Å². The molecule has 3 aromatic rings. The molecule has 0 aromatic heterocycles. The number of benzene rings is 3. The smallest absolute Gasteiger partial charge is 0.294 e. The number of sulfonamides is 1. The van der Waals surface area contributed by atoms with Gasteiger partial charge in [0.15, 0.2) is 0 Å². The molecule has 3 rings (SSSR count). The molecule has 0 fully saturated rings. The predicted molar refractivity (Wildman–Crippen MR) is 119 cm³/mol. The van der Waals surface area contributed by atoms with Crippen LogP contribution in [0, 0.1) is 6.92 Å². The van der Waals surface area contributed by atoms with Gasteiger partial charge in [0.25, 0.3) is 30.3 Å². The second-order valence-corrected chi connectivity index (χ2v) is 10.9. The predicted octanol–water partition coefficient (Wildman–Crippen LogP) is 1.39. The molecule has 4 N–H and O–H groups in total. The molecule has 10 nitrogen and oxygen atoms in total. The molecule has 0 bridgehead atoms. The standard InChI is InChI=1S/C17H15NO9S3.2Na/c1-10-2-4-12(5-3-10)28(20,21)18-15-8-13(29(22,23)24)6-11-7-14(30(25,26)27)9-16(19)17(11)15;;/h2-9,18-19H,1H3,(H,22,23,24)(H,25,26,27);;. The number of aryl methyl sites for hydroxylation is 1. The molecule has 0 aliphatic carbocycles. The number of phenolic OH excluding ortho intramolecular Hbond substituents is 1. The van der Waals surface area contributed by atoms with Crippen LogP contribution in [0.3, 0.4) is 0 Å². The monoisotopic (exact) mass is 519 g/mol. The van der Waals surface area contributed by atoms with Gasteiger partial charge in [0.05, 0.1) is 20.4 Å². The minimum absolute atomic E-state index is 0. The van der Waals surface area contributed by atoms with Crippen molar-refractivity contribution in [1.82, 2.24) is 0 Å². The summed E-state index contributed by atoms with van der Waals surface area (Å²) in [4.78, 5) is -1.68. The minimum atomic E-state index is -4.83. The number of hydrogen-bond donors (Lipinski definition) is 4. The van der Waals surface area contributed by atoms with Gasteiger partial charge >= 0.3 is 0 Å². The molecule has 0 aliphatic rings.